The Morgan fingerprint density at radius 1 is 0.868 bits per heavy atom. The van der Waals surface area contributed by atoms with E-state index in [1.165, 1.54) is 49.6 Å². The fourth-order valence-electron chi connectivity index (χ4n) is 3.12. The molecule has 3 aromatic carbocycles. The highest BCUT2D eigenvalue weighted by molar-refractivity contribution is 7.95. The molecule has 0 N–H and O–H groups in total. The number of methoxy groups -OCH3 is 1. The van der Waals surface area contributed by atoms with Crippen LogP contribution >= 0.6 is 0 Å². The van der Waals surface area contributed by atoms with Gasteiger partial charge in [0.1, 0.15) is 15.9 Å². The normalized spacial score (nSPS) is 12.2. The second-order valence-electron chi connectivity index (χ2n) is 7.70. The zero-order chi connectivity index (χ0) is 28.4. The molecule has 0 atom stereocenters. The van der Waals surface area contributed by atoms with Gasteiger partial charge in [0.2, 0.25) is 5.82 Å². The van der Waals surface area contributed by atoms with Gasteiger partial charge in [0.15, 0.2) is 44.6 Å². The number of hydrogen-bond donors (Lipinski definition) is 0. The number of nitriles is 1. The van der Waals surface area contributed by atoms with E-state index in [1.807, 2.05) is 0 Å². The van der Waals surface area contributed by atoms with Crippen molar-refractivity contribution in [2.24, 2.45) is 0 Å². The molecule has 7 nitrogen and oxygen atoms in total. The molecule has 3 aromatic rings. The van der Waals surface area contributed by atoms with E-state index in [-0.39, 0.29) is 22.3 Å². The lowest BCUT2D eigenvalue weighted by molar-refractivity contribution is 0.377. The Balaban J connectivity index is 2.01. The summed E-state index contributed by atoms with van der Waals surface area (Å²) in [5.41, 5.74) is -0.996. The van der Waals surface area contributed by atoms with E-state index < -0.39 is 71.0 Å². The average Bonchev–Trinajstić information content (AvgIpc) is 2.86. The van der Waals surface area contributed by atoms with E-state index in [0.29, 0.717) is 0 Å². The van der Waals surface area contributed by atoms with E-state index in [0.717, 1.165) is 11.6 Å². The average molecular weight is 574 g/mol. The van der Waals surface area contributed by atoms with E-state index in [4.69, 9.17) is 8.92 Å². The van der Waals surface area contributed by atoms with E-state index >= 15 is 0 Å². The smallest absolute Gasteiger partial charge is 0.339 e. The van der Waals surface area contributed by atoms with Crippen LogP contribution in [0, 0.1) is 47.3 Å². The molecule has 200 valence electrons. The van der Waals surface area contributed by atoms with Crippen molar-refractivity contribution in [2.45, 2.75) is 17.6 Å². The van der Waals surface area contributed by atoms with E-state index in [1.54, 1.807) is 6.92 Å². The van der Waals surface area contributed by atoms with Crippen LogP contribution in [0.25, 0.3) is 6.08 Å². The first-order chi connectivity index (χ1) is 17.7. The Labute approximate surface area is 214 Å². The summed E-state index contributed by atoms with van der Waals surface area (Å²) < 4.78 is 129. The second kappa shape index (κ2) is 10.8. The van der Waals surface area contributed by atoms with Gasteiger partial charge >= 0.3 is 10.1 Å². The van der Waals surface area contributed by atoms with Crippen LogP contribution < -0.4 is 8.92 Å². The van der Waals surface area contributed by atoms with Crippen molar-refractivity contribution in [3.8, 4) is 17.6 Å². The molecule has 0 unspecified atom stereocenters. The third-order valence-corrected chi connectivity index (χ3v) is 7.90. The van der Waals surface area contributed by atoms with Crippen molar-refractivity contribution in [1.82, 2.24) is 0 Å². The lowest BCUT2D eigenvalue weighted by Gasteiger charge is -2.13. The van der Waals surface area contributed by atoms with Gasteiger partial charge < -0.3 is 8.92 Å². The highest BCUT2D eigenvalue weighted by Gasteiger charge is 2.28. The van der Waals surface area contributed by atoms with Gasteiger partial charge in [0.05, 0.1) is 18.4 Å². The lowest BCUT2D eigenvalue weighted by atomic mass is 10.1. The molecule has 0 spiro atoms. The molecular formula is C24H16F5NO6S2. The Morgan fingerprint density at radius 3 is 1.95 bits per heavy atom. The van der Waals surface area contributed by atoms with Crippen molar-refractivity contribution in [3.63, 3.8) is 0 Å². The topological polar surface area (TPSA) is 111 Å². The standard InChI is InChI=1S/C24H16F5NO6S2/c1-13-3-6-15(7-4-13)38(33,34)36-19-9-14(5-8-18(19)35-2)12-37(31,32)16(11-30)10-17-20(25)22(27)24(29)23(28)21(17)26/h3-10H,12H2,1-2H3/b16-10-. The maximum atomic E-state index is 14.0. The van der Waals surface area contributed by atoms with Crippen LogP contribution in [0.15, 0.2) is 52.3 Å². The van der Waals surface area contributed by atoms with Gasteiger partial charge in [-0.15, -0.1) is 0 Å². The fraction of sp³-hybridized carbons (Fsp3) is 0.125. The number of allylic oxidation sites excluding steroid dienone is 1. The molecule has 0 aliphatic heterocycles. The summed E-state index contributed by atoms with van der Waals surface area (Å²) in [4.78, 5) is -1.52. The van der Waals surface area contributed by atoms with Crippen molar-refractivity contribution in [2.75, 3.05) is 7.11 Å². The summed E-state index contributed by atoms with van der Waals surface area (Å²) in [5, 5.41) is 9.28. The Bertz CT molecular complexity index is 1670. The molecule has 0 radical (unpaired) electrons. The maximum Gasteiger partial charge on any atom is 0.339 e. The Hall–Kier alpha value is -3.96. The molecule has 0 bridgehead atoms. The summed E-state index contributed by atoms with van der Waals surface area (Å²) in [5.74, 6) is -13.3. The zero-order valence-electron chi connectivity index (χ0n) is 19.4. The number of halogens is 5. The number of hydrogen-bond acceptors (Lipinski definition) is 7. The zero-order valence-corrected chi connectivity index (χ0v) is 21.1. The van der Waals surface area contributed by atoms with Gasteiger partial charge in [-0.3, -0.25) is 0 Å². The predicted octanol–water partition coefficient (Wildman–Crippen LogP) is 4.95. The monoisotopic (exact) mass is 573 g/mol. The largest absolute Gasteiger partial charge is 0.493 e. The van der Waals surface area contributed by atoms with E-state index in [2.05, 4.69) is 0 Å². The first-order valence-corrected chi connectivity index (χ1v) is 13.3. The minimum absolute atomic E-state index is 0.0222. The second-order valence-corrected chi connectivity index (χ2v) is 11.2. The molecular weight excluding hydrogens is 557 g/mol. The van der Waals surface area contributed by atoms with Crippen LogP contribution in [0.3, 0.4) is 0 Å². The SMILES string of the molecule is COc1ccc(CS(=O)(=O)/C(C#N)=C\c2c(F)c(F)c(F)c(F)c2F)cc1OS(=O)(=O)c1ccc(C)cc1. The number of ether oxygens (including phenoxy) is 1. The van der Waals surface area contributed by atoms with Crippen molar-refractivity contribution >= 4 is 26.0 Å². The van der Waals surface area contributed by atoms with Crippen LogP contribution in [0.5, 0.6) is 11.5 Å². The highest BCUT2D eigenvalue weighted by Crippen LogP contribution is 2.33. The van der Waals surface area contributed by atoms with Crippen LogP contribution in [0.2, 0.25) is 0 Å². The third-order valence-electron chi connectivity index (χ3n) is 5.06. The molecule has 0 saturated heterocycles. The Morgan fingerprint density at radius 2 is 1.42 bits per heavy atom. The molecule has 0 aliphatic rings. The number of nitrogens with zero attached hydrogens (tertiary/aromatic N) is 1. The molecule has 38 heavy (non-hydrogen) atoms. The molecule has 0 heterocycles. The van der Waals surface area contributed by atoms with E-state index in [9.17, 15) is 44.0 Å². The minimum atomic E-state index is -4.75. The van der Waals surface area contributed by atoms with Crippen molar-refractivity contribution in [1.29, 1.82) is 5.26 Å². The summed E-state index contributed by atoms with van der Waals surface area (Å²) in [6, 6.07) is 10.1. The van der Waals surface area contributed by atoms with Gasteiger partial charge in [-0.25, -0.2) is 30.4 Å². The van der Waals surface area contributed by atoms with Gasteiger partial charge in [-0.05, 0) is 42.8 Å². The maximum absolute atomic E-state index is 14.0. The molecule has 3 rings (SSSR count). The summed E-state index contributed by atoms with van der Waals surface area (Å²) in [6.07, 6.45) is 0.0222. The fourth-order valence-corrected chi connectivity index (χ4v) is 5.26. The first-order valence-electron chi connectivity index (χ1n) is 10.3. The van der Waals surface area contributed by atoms with Crippen molar-refractivity contribution in [3.05, 3.63) is 93.1 Å². The molecule has 14 heteroatoms. The minimum Gasteiger partial charge on any atom is -0.493 e. The van der Waals surface area contributed by atoms with Gasteiger partial charge in [0.25, 0.3) is 0 Å². The lowest BCUT2D eigenvalue weighted by Crippen LogP contribution is -2.12. The van der Waals surface area contributed by atoms with Crippen LogP contribution in [0.4, 0.5) is 22.0 Å². The first kappa shape index (κ1) is 28.6. The molecule has 0 amide bonds. The highest BCUT2D eigenvalue weighted by atomic mass is 32.2. The van der Waals surface area contributed by atoms with Gasteiger partial charge in [0, 0.05) is 0 Å². The molecule has 0 aliphatic carbocycles. The summed E-state index contributed by atoms with van der Waals surface area (Å²) in [6.45, 7) is 1.74. The molecule has 0 fully saturated rings. The van der Waals surface area contributed by atoms with Crippen molar-refractivity contribution < 1.29 is 47.7 Å². The summed E-state index contributed by atoms with van der Waals surface area (Å²) >= 11 is 0. The predicted molar refractivity (Wildman–Crippen MR) is 124 cm³/mol. The Kier molecular flexibility index (Phi) is 8.13. The third kappa shape index (κ3) is 5.79. The van der Waals surface area contributed by atoms with Gasteiger partial charge in [-0.2, -0.15) is 13.7 Å². The van der Waals surface area contributed by atoms with Crippen LogP contribution in [-0.2, 0) is 25.7 Å². The quantitative estimate of drug-likeness (QED) is 0.123. The molecule has 0 saturated carbocycles. The molecule has 0 aromatic heterocycles. The van der Waals surface area contributed by atoms with Gasteiger partial charge in [-0.1, -0.05) is 23.8 Å². The number of rotatable bonds is 8. The number of benzene rings is 3. The number of aryl methyl sites for hydroxylation is 1. The van der Waals surface area contributed by atoms with Crippen LogP contribution in [0.1, 0.15) is 16.7 Å². The summed E-state index contributed by atoms with van der Waals surface area (Å²) in [7, 11) is -7.94. The number of sulfone groups is 1. The van der Waals surface area contributed by atoms with Crippen LogP contribution in [-0.4, -0.2) is 23.9 Å².